The van der Waals surface area contributed by atoms with Crippen LogP contribution in [0.4, 0.5) is 0 Å². The van der Waals surface area contributed by atoms with E-state index in [0.29, 0.717) is 17.4 Å². The van der Waals surface area contributed by atoms with Gasteiger partial charge in [-0.3, -0.25) is 0 Å². The van der Waals surface area contributed by atoms with Crippen molar-refractivity contribution in [2.45, 2.75) is 52.0 Å². The second kappa shape index (κ2) is 6.76. The molecule has 2 fully saturated rings. The van der Waals surface area contributed by atoms with Gasteiger partial charge in [-0.05, 0) is 70.1 Å². The topological polar surface area (TPSA) is 32.5 Å². The second-order valence-electron chi connectivity index (χ2n) is 8.17. The summed E-state index contributed by atoms with van der Waals surface area (Å²) in [6.07, 6.45) is 6.73. The van der Waals surface area contributed by atoms with E-state index in [0.717, 1.165) is 5.92 Å². The van der Waals surface area contributed by atoms with Gasteiger partial charge in [0.15, 0.2) is 0 Å². The summed E-state index contributed by atoms with van der Waals surface area (Å²) in [6.45, 7) is 9.76. The molecule has 1 heterocycles. The highest BCUT2D eigenvalue weighted by atomic mass is 15.1. The fourth-order valence-corrected chi connectivity index (χ4v) is 4.21. The third-order valence-corrected chi connectivity index (χ3v) is 5.63. The molecule has 2 rings (SSSR count). The van der Waals surface area contributed by atoms with Crippen molar-refractivity contribution in [3.8, 4) is 0 Å². The smallest absolute Gasteiger partial charge is 0.0131 e. The third kappa shape index (κ3) is 4.19. The average molecular weight is 281 g/mol. The van der Waals surface area contributed by atoms with E-state index in [-0.39, 0.29) is 0 Å². The summed E-state index contributed by atoms with van der Waals surface area (Å²) in [4.78, 5) is 5.01. The molecule has 2 unspecified atom stereocenters. The average Bonchev–Trinajstić information content (AvgIpc) is 2.37. The van der Waals surface area contributed by atoms with Gasteiger partial charge in [0, 0.05) is 19.1 Å². The maximum atomic E-state index is 6.53. The Morgan fingerprint density at radius 2 is 1.80 bits per heavy atom. The summed E-state index contributed by atoms with van der Waals surface area (Å²) in [7, 11) is 4.38. The van der Waals surface area contributed by atoms with E-state index in [1.165, 1.54) is 58.3 Å². The van der Waals surface area contributed by atoms with Crippen LogP contribution in [0.1, 0.15) is 46.0 Å². The molecule has 1 aliphatic heterocycles. The van der Waals surface area contributed by atoms with Gasteiger partial charge in [-0.1, -0.05) is 20.3 Å². The maximum Gasteiger partial charge on any atom is 0.0131 e. The molecule has 0 spiro atoms. The zero-order valence-corrected chi connectivity index (χ0v) is 14.1. The minimum Gasteiger partial charge on any atom is -0.327 e. The molecule has 3 nitrogen and oxygen atoms in total. The quantitative estimate of drug-likeness (QED) is 0.859. The van der Waals surface area contributed by atoms with Crippen LogP contribution >= 0.6 is 0 Å². The molecule has 1 aliphatic carbocycles. The normalized spacial score (nSPS) is 32.7. The molecular weight excluding hydrogens is 246 g/mol. The predicted molar refractivity (Wildman–Crippen MR) is 86.8 cm³/mol. The number of rotatable bonds is 4. The van der Waals surface area contributed by atoms with Crippen LogP contribution in [-0.2, 0) is 0 Å². The molecule has 0 amide bonds. The van der Waals surface area contributed by atoms with E-state index in [1.54, 1.807) is 0 Å². The Morgan fingerprint density at radius 3 is 2.40 bits per heavy atom. The number of nitrogens with zero attached hydrogens (tertiary/aromatic N) is 2. The molecule has 0 radical (unpaired) electrons. The van der Waals surface area contributed by atoms with E-state index in [1.807, 2.05) is 0 Å². The maximum absolute atomic E-state index is 6.53. The van der Waals surface area contributed by atoms with Crippen LogP contribution in [0.3, 0.4) is 0 Å². The molecule has 118 valence electrons. The van der Waals surface area contributed by atoms with Gasteiger partial charge in [0.2, 0.25) is 0 Å². The first kappa shape index (κ1) is 16.3. The second-order valence-corrected chi connectivity index (χ2v) is 8.17. The summed E-state index contributed by atoms with van der Waals surface area (Å²) in [5, 5.41) is 0. The summed E-state index contributed by atoms with van der Waals surface area (Å²) >= 11 is 0. The van der Waals surface area contributed by atoms with E-state index in [2.05, 4.69) is 37.7 Å². The van der Waals surface area contributed by atoms with Gasteiger partial charge in [-0.15, -0.1) is 0 Å². The molecule has 0 aromatic rings. The first-order chi connectivity index (χ1) is 9.38. The van der Waals surface area contributed by atoms with Gasteiger partial charge < -0.3 is 15.5 Å². The molecule has 0 aromatic heterocycles. The van der Waals surface area contributed by atoms with Crippen molar-refractivity contribution in [3.05, 3.63) is 0 Å². The van der Waals surface area contributed by atoms with Gasteiger partial charge in [0.1, 0.15) is 0 Å². The Balaban J connectivity index is 1.78. The summed E-state index contributed by atoms with van der Waals surface area (Å²) in [5.41, 5.74) is 6.87. The standard InChI is InChI=1S/C17H35N3/c1-17(2)9-5-6-15(16(17)18)13-20-10-7-14(8-11-20)12-19(3)4/h14-16H,5-13,18H2,1-4H3. The predicted octanol–water partition coefficient (Wildman–Crippen LogP) is 2.41. The monoisotopic (exact) mass is 281 g/mol. The lowest BCUT2D eigenvalue weighted by Crippen LogP contribution is -2.51. The highest BCUT2D eigenvalue weighted by molar-refractivity contribution is 4.92. The van der Waals surface area contributed by atoms with E-state index >= 15 is 0 Å². The molecule has 2 aliphatic rings. The Bertz CT molecular complexity index is 293. The van der Waals surface area contributed by atoms with Crippen LogP contribution < -0.4 is 5.73 Å². The van der Waals surface area contributed by atoms with Crippen LogP contribution in [0.15, 0.2) is 0 Å². The number of hydrogen-bond acceptors (Lipinski definition) is 3. The van der Waals surface area contributed by atoms with E-state index in [4.69, 9.17) is 5.73 Å². The van der Waals surface area contributed by atoms with Crippen molar-refractivity contribution in [1.82, 2.24) is 9.80 Å². The van der Waals surface area contributed by atoms with Crippen molar-refractivity contribution < 1.29 is 0 Å². The molecule has 0 aromatic carbocycles. The lowest BCUT2D eigenvalue weighted by molar-refractivity contribution is 0.0821. The van der Waals surface area contributed by atoms with Crippen molar-refractivity contribution in [2.24, 2.45) is 23.0 Å². The Morgan fingerprint density at radius 1 is 1.15 bits per heavy atom. The number of piperidine rings is 1. The van der Waals surface area contributed by atoms with Crippen LogP contribution in [0.5, 0.6) is 0 Å². The van der Waals surface area contributed by atoms with Crippen molar-refractivity contribution in [3.63, 3.8) is 0 Å². The zero-order chi connectivity index (χ0) is 14.8. The molecule has 2 N–H and O–H groups in total. The van der Waals surface area contributed by atoms with Gasteiger partial charge in [-0.2, -0.15) is 0 Å². The number of nitrogens with two attached hydrogens (primary N) is 1. The molecule has 1 saturated carbocycles. The van der Waals surface area contributed by atoms with Gasteiger partial charge in [0.25, 0.3) is 0 Å². The minimum absolute atomic E-state index is 0.339. The van der Waals surface area contributed by atoms with Crippen LogP contribution in [0.25, 0.3) is 0 Å². The lowest BCUT2D eigenvalue weighted by Gasteiger charge is -2.44. The summed E-state index contributed by atoms with van der Waals surface area (Å²) in [6, 6.07) is 0.385. The minimum atomic E-state index is 0.339. The lowest BCUT2D eigenvalue weighted by atomic mass is 9.68. The van der Waals surface area contributed by atoms with Gasteiger partial charge in [-0.25, -0.2) is 0 Å². The number of hydrogen-bond donors (Lipinski definition) is 1. The molecule has 3 heteroatoms. The Hall–Kier alpha value is -0.120. The first-order valence-electron chi connectivity index (χ1n) is 8.51. The SMILES string of the molecule is CN(C)CC1CCN(CC2CCCC(C)(C)C2N)CC1. The molecule has 2 atom stereocenters. The van der Waals surface area contributed by atoms with E-state index in [9.17, 15) is 0 Å². The zero-order valence-electron chi connectivity index (χ0n) is 14.1. The third-order valence-electron chi connectivity index (χ3n) is 5.63. The van der Waals surface area contributed by atoms with Crippen molar-refractivity contribution in [1.29, 1.82) is 0 Å². The van der Waals surface area contributed by atoms with Crippen LogP contribution in [0.2, 0.25) is 0 Å². The van der Waals surface area contributed by atoms with E-state index < -0.39 is 0 Å². The molecule has 1 saturated heterocycles. The largest absolute Gasteiger partial charge is 0.327 e. The summed E-state index contributed by atoms with van der Waals surface area (Å²) in [5.74, 6) is 1.61. The van der Waals surface area contributed by atoms with Crippen LogP contribution in [-0.4, -0.2) is 56.1 Å². The van der Waals surface area contributed by atoms with Crippen LogP contribution in [0, 0.1) is 17.3 Å². The Kier molecular flexibility index (Phi) is 5.49. The summed E-state index contributed by atoms with van der Waals surface area (Å²) < 4.78 is 0. The fraction of sp³-hybridized carbons (Fsp3) is 1.00. The highest BCUT2D eigenvalue weighted by Gasteiger charge is 2.37. The van der Waals surface area contributed by atoms with Crippen molar-refractivity contribution >= 4 is 0 Å². The Labute approximate surface area is 125 Å². The van der Waals surface area contributed by atoms with Gasteiger partial charge in [0.05, 0.1) is 0 Å². The highest BCUT2D eigenvalue weighted by Crippen LogP contribution is 2.38. The fourth-order valence-electron chi connectivity index (χ4n) is 4.21. The van der Waals surface area contributed by atoms with Crippen molar-refractivity contribution in [2.75, 3.05) is 40.3 Å². The van der Waals surface area contributed by atoms with Gasteiger partial charge >= 0.3 is 0 Å². The molecule has 20 heavy (non-hydrogen) atoms. The molecule has 0 bridgehead atoms. The first-order valence-corrected chi connectivity index (χ1v) is 8.51. The molecular formula is C17H35N3. The number of likely N-dealkylation sites (tertiary alicyclic amines) is 1.